The first kappa shape index (κ1) is 12.2. The number of aryl methyl sites for hydroxylation is 1. The highest BCUT2D eigenvalue weighted by Crippen LogP contribution is 2.27. The molecule has 1 aromatic carbocycles. The highest BCUT2D eigenvalue weighted by molar-refractivity contribution is 7.10. The van der Waals surface area contributed by atoms with Gasteiger partial charge in [0.2, 0.25) is 0 Å². The lowest BCUT2D eigenvalue weighted by Crippen LogP contribution is -2.11. The van der Waals surface area contributed by atoms with Crippen LogP contribution in [-0.4, -0.2) is 9.67 Å². The Balaban J connectivity index is 2.10. The van der Waals surface area contributed by atoms with Gasteiger partial charge >= 0.3 is 5.76 Å². The summed E-state index contributed by atoms with van der Waals surface area (Å²) in [6.45, 7) is 2.46. The Labute approximate surface area is 113 Å². The number of thiophene rings is 1. The number of aromatic nitrogens is 1. The lowest BCUT2D eigenvalue weighted by molar-refractivity contribution is 0.224. The summed E-state index contributed by atoms with van der Waals surface area (Å²) in [5.74, 6) is -0.361. The van der Waals surface area contributed by atoms with Crippen LogP contribution in [0.4, 0.5) is 0 Å². The van der Waals surface area contributed by atoms with Gasteiger partial charge in [-0.05, 0) is 36.1 Å². The Morgan fingerprint density at radius 2 is 2.26 bits per heavy atom. The van der Waals surface area contributed by atoms with Crippen molar-refractivity contribution in [1.82, 2.24) is 4.57 Å². The summed E-state index contributed by atoms with van der Waals surface area (Å²) in [7, 11) is 0. The van der Waals surface area contributed by atoms with E-state index in [2.05, 4.69) is 0 Å². The largest absolute Gasteiger partial charge is 0.419 e. The summed E-state index contributed by atoms with van der Waals surface area (Å²) in [5, 5.41) is 12.2. The molecule has 2 aromatic heterocycles. The molecule has 1 N–H and O–H groups in total. The van der Waals surface area contributed by atoms with Gasteiger partial charge in [-0.15, -0.1) is 11.3 Å². The Morgan fingerprint density at radius 1 is 1.42 bits per heavy atom. The maximum absolute atomic E-state index is 11.6. The van der Waals surface area contributed by atoms with E-state index in [9.17, 15) is 9.90 Å². The topological polar surface area (TPSA) is 55.4 Å². The molecule has 0 aliphatic heterocycles. The molecule has 1 atom stereocenters. The number of aliphatic hydroxyl groups is 1. The van der Waals surface area contributed by atoms with E-state index in [1.54, 1.807) is 10.6 Å². The van der Waals surface area contributed by atoms with E-state index in [0.717, 1.165) is 16.0 Å². The molecule has 1 unspecified atom stereocenters. The number of hydrogen-bond acceptors (Lipinski definition) is 4. The SMILES string of the molecule is CCn1c(=O)oc2cc(C(O)c3cccs3)ccc21. The van der Waals surface area contributed by atoms with E-state index in [0.29, 0.717) is 12.1 Å². The van der Waals surface area contributed by atoms with Crippen LogP contribution in [0.1, 0.15) is 23.5 Å². The first-order chi connectivity index (χ1) is 9.20. The molecule has 0 radical (unpaired) electrons. The zero-order valence-electron chi connectivity index (χ0n) is 10.4. The maximum atomic E-state index is 11.6. The number of benzene rings is 1. The second-order valence-corrected chi connectivity index (χ2v) is 5.24. The maximum Gasteiger partial charge on any atom is 0.419 e. The predicted octanol–water partition coefficient (Wildman–Crippen LogP) is 2.76. The van der Waals surface area contributed by atoms with Gasteiger partial charge < -0.3 is 9.52 Å². The van der Waals surface area contributed by atoms with Crippen molar-refractivity contribution in [2.75, 3.05) is 0 Å². The van der Waals surface area contributed by atoms with Crippen molar-refractivity contribution in [2.24, 2.45) is 0 Å². The molecule has 0 saturated carbocycles. The van der Waals surface area contributed by atoms with Crippen LogP contribution >= 0.6 is 11.3 Å². The van der Waals surface area contributed by atoms with Crippen LogP contribution in [0.3, 0.4) is 0 Å². The summed E-state index contributed by atoms with van der Waals surface area (Å²) in [6.07, 6.45) is -0.681. The van der Waals surface area contributed by atoms with Crippen molar-refractivity contribution in [3.63, 3.8) is 0 Å². The Morgan fingerprint density at radius 3 is 2.95 bits per heavy atom. The molecule has 0 aliphatic carbocycles. The van der Waals surface area contributed by atoms with Crippen LogP contribution in [0.5, 0.6) is 0 Å². The molecule has 2 heterocycles. The van der Waals surface area contributed by atoms with Crippen molar-refractivity contribution in [1.29, 1.82) is 0 Å². The molecule has 0 amide bonds. The van der Waals surface area contributed by atoms with Gasteiger partial charge in [-0.3, -0.25) is 4.57 Å². The third-order valence-electron chi connectivity index (χ3n) is 3.14. The quantitative estimate of drug-likeness (QED) is 0.799. The monoisotopic (exact) mass is 275 g/mol. The zero-order valence-corrected chi connectivity index (χ0v) is 11.2. The summed E-state index contributed by atoms with van der Waals surface area (Å²) >= 11 is 1.50. The zero-order chi connectivity index (χ0) is 13.4. The van der Waals surface area contributed by atoms with E-state index in [1.165, 1.54) is 11.3 Å². The van der Waals surface area contributed by atoms with Gasteiger partial charge in [0.05, 0.1) is 5.52 Å². The lowest BCUT2D eigenvalue weighted by Gasteiger charge is -2.08. The van der Waals surface area contributed by atoms with Gasteiger partial charge in [-0.2, -0.15) is 0 Å². The van der Waals surface area contributed by atoms with E-state index in [4.69, 9.17) is 4.42 Å². The fraction of sp³-hybridized carbons (Fsp3) is 0.214. The standard InChI is InChI=1S/C14H13NO3S/c1-2-15-10-6-5-9(8-11(10)18-14(15)17)13(16)12-4-3-7-19-12/h3-8,13,16H,2H2,1H3. The Kier molecular flexibility index (Phi) is 3.00. The van der Waals surface area contributed by atoms with Crippen molar-refractivity contribution in [2.45, 2.75) is 19.6 Å². The van der Waals surface area contributed by atoms with Crippen LogP contribution in [0.25, 0.3) is 11.1 Å². The highest BCUT2D eigenvalue weighted by Gasteiger charge is 2.14. The van der Waals surface area contributed by atoms with E-state index < -0.39 is 6.10 Å². The molecular weight excluding hydrogens is 262 g/mol. The minimum Gasteiger partial charge on any atom is -0.408 e. The third kappa shape index (κ3) is 2.01. The second-order valence-electron chi connectivity index (χ2n) is 4.26. The summed E-state index contributed by atoms with van der Waals surface area (Å²) in [5.41, 5.74) is 2.00. The predicted molar refractivity (Wildman–Crippen MR) is 74.5 cm³/mol. The lowest BCUT2D eigenvalue weighted by atomic mass is 10.1. The van der Waals surface area contributed by atoms with Crippen LogP contribution in [0.2, 0.25) is 0 Å². The molecule has 3 aromatic rings. The third-order valence-corrected chi connectivity index (χ3v) is 4.06. The molecule has 0 saturated heterocycles. The van der Waals surface area contributed by atoms with Crippen LogP contribution < -0.4 is 5.76 Å². The number of rotatable bonds is 3. The van der Waals surface area contributed by atoms with Gasteiger partial charge in [0.1, 0.15) is 6.10 Å². The number of aliphatic hydroxyl groups excluding tert-OH is 1. The van der Waals surface area contributed by atoms with E-state index >= 15 is 0 Å². The van der Waals surface area contributed by atoms with Crippen LogP contribution in [0, 0.1) is 0 Å². The Bertz CT molecular complexity index is 755. The molecular formula is C14H13NO3S. The molecule has 98 valence electrons. The molecule has 19 heavy (non-hydrogen) atoms. The van der Waals surface area contributed by atoms with Gasteiger partial charge in [0, 0.05) is 11.4 Å². The molecule has 0 bridgehead atoms. The molecule has 0 aliphatic rings. The average Bonchev–Trinajstić information content (AvgIpc) is 3.03. The first-order valence-electron chi connectivity index (χ1n) is 6.05. The van der Waals surface area contributed by atoms with Crippen molar-refractivity contribution in [3.8, 4) is 0 Å². The Hall–Kier alpha value is -1.85. The van der Waals surface area contributed by atoms with Gasteiger partial charge in [-0.25, -0.2) is 4.79 Å². The number of fused-ring (bicyclic) bond motifs is 1. The number of hydrogen-bond donors (Lipinski definition) is 1. The molecule has 3 rings (SSSR count). The second kappa shape index (κ2) is 4.68. The van der Waals surface area contributed by atoms with Gasteiger partial charge in [-0.1, -0.05) is 12.1 Å². The van der Waals surface area contributed by atoms with Crippen LogP contribution in [0.15, 0.2) is 44.9 Å². The normalized spacial score (nSPS) is 12.9. The first-order valence-corrected chi connectivity index (χ1v) is 6.93. The van der Waals surface area contributed by atoms with Crippen LogP contribution in [-0.2, 0) is 6.54 Å². The smallest absolute Gasteiger partial charge is 0.408 e. The molecule has 0 fully saturated rings. The molecule has 4 nitrogen and oxygen atoms in total. The van der Waals surface area contributed by atoms with Crippen molar-refractivity contribution >= 4 is 22.4 Å². The van der Waals surface area contributed by atoms with Gasteiger partial charge in [0.25, 0.3) is 0 Å². The van der Waals surface area contributed by atoms with Gasteiger partial charge in [0.15, 0.2) is 5.58 Å². The summed E-state index contributed by atoms with van der Waals surface area (Å²) in [6, 6.07) is 9.15. The average molecular weight is 275 g/mol. The minimum absolute atomic E-state index is 0.361. The van der Waals surface area contributed by atoms with Crippen molar-refractivity contribution in [3.05, 3.63) is 56.7 Å². The van der Waals surface area contributed by atoms with E-state index in [-0.39, 0.29) is 5.76 Å². The fourth-order valence-electron chi connectivity index (χ4n) is 2.16. The summed E-state index contributed by atoms with van der Waals surface area (Å²) in [4.78, 5) is 12.5. The number of oxazole rings is 1. The summed E-state index contributed by atoms with van der Waals surface area (Å²) < 4.78 is 6.76. The minimum atomic E-state index is -0.681. The molecule has 5 heteroatoms. The highest BCUT2D eigenvalue weighted by atomic mass is 32.1. The fourth-order valence-corrected chi connectivity index (χ4v) is 2.90. The van der Waals surface area contributed by atoms with Crippen molar-refractivity contribution < 1.29 is 9.52 Å². The molecule has 0 spiro atoms. The number of nitrogens with zero attached hydrogens (tertiary/aromatic N) is 1. The van der Waals surface area contributed by atoms with E-state index in [1.807, 2.05) is 36.6 Å².